The van der Waals surface area contributed by atoms with E-state index in [-0.39, 0.29) is 12.5 Å². The number of aliphatic hydroxyl groups excluding tert-OH is 1. The van der Waals surface area contributed by atoms with Crippen LogP contribution in [0, 0.1) is 5.92 Å². The molecule has 5 N–H and O–H groups in total. The predicted molar refractivity (Wildman–Crippen MR) is 129 cm³/mol. The molecule has 182 valence electrons. The number of ether oxygens (including phenoxy) is 2. The van der Waals surface area contributed by atoms with Gasteiger partial charge < -0.3 is 30.9 Å². The van der Waals surface area contributed by atoms with Crippen molar-refractivity contribution in [1.82, 2.24) is 10.3 Å². The third-order valence-electron chi connectivity index (χ3n) is 4.86. The first-order valence-electron chi connectivity index (χ1n) is 11.2. The lowest BCUT2D eigenvalue weighted by Crippen LogP contribution is -2.33. The highest BCUT2D eigenvalue weighted by atomic mass is 32.1. The van der Waals surface area contributed by atoms with E-state index in [4.69, 9.17) is 15.2 Å². The summed E-state index contributed by atoms with van der Waals surface area (Å²) in [6.07, 6.45) is 4.45. The zero-order valence-electron chi connectivity index (χ0n) is 19.2. The number of rotatable bonds is 16. The number of nitrogens with two attached hydrogens (primary N) is 1. The molecule has 0 fully saturated rings. The highest BCUT2D eigenvalue weighted by Crippen LogP contribution is 2.25. The molecule has 9 nitrogen and oxygen atoms in total. The van der Waals surface area contributed by atoms with Gasteiger partial charge in [-0.25, -0.2) is 4.98 Å². The summed E-state index contributed by atoms with van der Waals surface area (Å²) in [6.45, 7) is 5.64. The van der Waals surface area contributed by atoms with Crippen LogP contribution in [0.3, 0.4) is 0 Å². The zero-order valence-corrected chi connectivity index (χ0v) is 20.0. The number of benzene rings is 1. The number of carbonyl (C=O) groups is 2. The molecule has 2 rings (SSSR count). The van der Waals surface area contributed by atoms with E-state index in [1.54, 1.807) is 30.5 Å². The molecule has 0 saturated carbocycles. The third kappa shape index (κ3) is 10.6. The van der Waals surface area contributed by atoms with Crippen molar-refractivity contribution in [3.05, 3.63) is 36.0 Å². The molecular formula is C23H34N4O5S. The summed E-state index contributed by atoms with van der Waals surface area (Å²) in [4.78, 5) is 27.2. The van der Waals surface area contributed by atoms with Gasteiger partial charge in [0.05, 0.1) is 6.20 Å². The Morgan fingerprint density at radius 3 is 2.67 bits per heavy atom. The molecule has 2 unspecified atom stereocenters. The summed E-state index contributed by atoms with van der Waals surface area (Å²) >= 11 is 1.23. The summed E-state index contributed by atoms with van der Waals surface area (Å²) in [6, 6.07) is 6.58. The van der Waals surface area contributed by atoms with Crippen molar-refractivity contribution in [1.29, 1.82) is 0 Å². The van der Waals surface area contributed by atoms with E-state index in [9.17, 15) is 14.7 Å². The summed E-state index contributed by atoms with van der Waals surface area (Å²) < 4.78 is 11.1. The van der Waals surface area contributed by atoms with Gasteiger partial charge in [0, 0.05) is 25.1 Å². The lowest BCUT2D eigenvalue weighted by atomic mass is 10.0. The van der Waals surface area contributed by atoms with Crippen LogP contribution in [-0.2, 0) is 4.79 Å². The van der Waals surface area contributed by atoms with Gasteiger partial charge in [0.15, 0.2) is 0 Å². The molecule has 0 radical (unpaired) electrons. The second-order valence-electron chi connectivity index (χ2n) is 7.88. The molecule has 0 aliphatic heterocycles. The first-order chi connectivity index (χ1) is 15.9. The highest BCUT2D eigenvalue weighted by Gasteiger charge is 2.11. The summed E-state index contributed by atoms with van der Waals surface area (Å²) in [5.74, 6) is 0.666. The van der Waals surface area contributed by atoms with Crippen LogP contribution in [-0.4, -0.2) is 54.3 Å². The number of carbonyl (C=O) groups excluding carboxylic acids is 2. The maximum Gasteiger partial charge on any atom is 0.275 e. The quantitative estimate of drug-likeness (QED) is 0.272. The fraction of sp³-hybridized carbons (Fsp3) is 0.522. The van der Waals surface area contributed by atoms with E-state index in [2.05, 4.69) is 29.5 Å². The lowest BCUT2D eigenvalue weighted by Gasteiger charge is -2.12. The van der Waals surface area contributed by atoms with Crippen LogP contribution in [0.15, 0.2) is 30.5 Å². The van der Waals surface area contributed by atoms with E-state index >= 15 is 0 Å². The molecule has 1 heterocycles. The van der Waals surface area contributed by atoms with Gasteiger partial charge in [-0.15, -0.1) is 0 Å². The van der Waals surface area contributed by atoms with Crippen LogP contribution >= 0.6 is 11.3 Å². The summed E-state index contributed by atoms with van der Waals surface area (Å²) in [7, 11) is 0. The smallest absolute Gasteiger partial charge is 0.275 e. The Kier molecular flexibility index (Phi) is 11.6. The van der Waals surface area contributed by atoms with Gasteiger partial charge in [-0.2, -0.15) is 0 Å². The van der Waals surface area contributed by atoms with Crippen molar-refractivity contribution < 1.29 is 24.2 Å². The number of anilines is 1. The third-order valence-corrected chi connectivity index (χ3v) is 5.68. The number of nitrogens with one attached hydrogen (secondary N) is 2. The highest BCUT2D eigenvalue weighted by molar-refractivity contribution is 7.17. The summed E-state index contributed by atoms with van der Waals surface area (Å²) in [5, 5.41) is 17.0. The van der Waals surface area contributed by atoms with Crippen molar-refractivity contribution in [3.8, 4) is 10.9 Å². The number of aromatic nitrogens is 1. The summed E-state index contributed by atoms with van der Waals surface area (Å²) in [5.41, 5.74) is 5.62. The molecule has 0 spiro atoms. The Labute approximate surface area is 198 Å². The molecule has 1 aromatic carbocycles. The first kappa shape index (κ1) is 26.6. The Morgan fingerprint density at radius 1 is 1.21 bits per heavy atom. The van der Waals surface area contributed by atoms with Gasteiger partial charge in [0.1, 0.15) is 30.1 Å². The molecule has 0 bridgehead atoms. The molecule has 1 aromatic heterocycles. The molecule has 2 atom stereocenters. The molecule has 10 heteroatoms. The predicted octanol–water partition coefficient (Wildman–Crippen LogP) is 2.81. The zero-order chi connectivity index (χ0) is 24.1. The number of hydrogen-bond acceptors (Lipinski definition) is 8. The monoisotopic (exact) mass is 478 g/mol. The van der Waals surface area contributed by atoms with Crippen LogP contribution in [0.5, 0.6) is 10.9 Å². The molecule has 0 aliphatic carbocycles. The van der Waals surface area contributed by atoms with Crippen molar-refractivity contribution in [2.45, 2.75) is 45.6 Å². The van der Waals surface area contributed by atoms with Gasteiger partial charge in [0.2, 0.25) is 11.8 Å². The average Bonchev–Trinajstić information content (AvgIpc) is 3.23. The van der Waals surface area contributed by atoms with E-state index in [0.29, 0.717) is 53.5 Å². The number of nitrogens with zero attached hydrogens (tertiary/aromatic N) is 1. The second kappa shape index (κ2) is 14.5. The molecule has 2 aromatic rings. The second-order valence-corrected chi connectivity index (χ2v) is 8.87. The van der Waals surface area contributed by atoms with Crippen LogP contribution in [0.1, 0.15) is 49.9 Å². The van der Waals surface area contributed by atoms with Gasteiger partial charge in [-0.1, -0.05) is 38.0 Å². The Balaban J connectivity index is 1.57. The number of aliphatic hydroxyl groups is 1. The normalized spacial score (nSPS) is 12.7. The fourth-order valence-corrected chi connectivity index (χ4v) is 3.74. The van der Waals surface area contributed by atoms with E-state index in [1.165, 1.54) is 11.3 Å². The largest absolute Gasteiger partial charge is 0.492 e. The van der Waals surface area contributed by atoms with Crippen molar-refractivity contribution in [2.75, 3.05) is 31.6 Å². The van der Waals surface area contributed by atoms with Crippen LogP contribution < -0.4 is 25.8 Å². The minimum atomic E-state index is -0.721. The molecule has 0 saturated heterocycles. The van der Waals surface area contributed by atoms with Crippen LogP contribution in [0.2, 0.25) is 0 Å². The maximum absolute atomic E-state index is 12.1. The molecule has 33 heavy (non-hydrogen) atoms. The van der Waals surface area contributed by atoms with Gasteiger partial charge >= 0.3 is 0 Å². The average molecular weight is 479 g/mol. The standard InChI is InChI=1S/C23H34N4O5S/c1-3-4-16(2)5-10-20(29)27-21-14-26-23(33-21)32-15-18(28)13-25-11-12-31-19-8-6-17(7-9-19)22(24)30/h6-9,14,16,18,25,28H,3-5,10-13,15H2,1-2H3,(H2,24,30)(H,27,29). The minimum absolute atomic E-state index is 0.0246. The van der Waals surface area contributed by atoms with Crippen molar-refractivity contribution >= 4 is 28.2 Å². The SMILES string of the molecule is CCCC(C)CCC(=O)Nc1cnc(OCC(O)CNCCOc2ccc(C(N)=O)cc2)s1. The van der Waals surface area contributed by atoms with E-state index < -0.39 is 12.0 Å². The van der Waals surface area contributed by atoms with Crippen molar-refractivity contribution in [2.24, 2.45) is 11.7 Å². The van der Waals surface area contributed by atoms with Crippen molar-refractivity contribution in [3.63, 3.8) is 0 Å². The number of primary amides is 1. The van der Waals surface area contributed by atoms with Crippen LogP contribution in [0.4, 0.5) is 5.00 Å². The van der Waals surface area contributed by atoms with Gasteiger partial charge in [0.25, 0.3) is 5.19 Å². The topological polar surface area (TPSA) is 136 Å². The molecule has 0 aliphatic rings. The minimum Gasteiger partial charge on any atom is -0.492 e. The fourth-order valence-electron chi connectivity index (χ4n) is 3.05. The first-order valence-corrected chi connectivity index (χ1v) is 12.0. The number of hydrogen-bond donors (Lipinski definition) is 4. The Bertz CT molecular complexity index is 859. The van der Waals surface area contributed by atoms with E-state index in [1.807, 2.05) is 0 Å². The van der Waals surface area contributed by atoms with Gasteiger partial charge in [-0.05, 0) is 36.6 Å². The van der Waals surface area contributed by atoms with Gasteiger partial charge in [-0.3, -0.25) is 9.59 Å². The number of thiazole rings is 1. The molecule has 2 amide bonds. The van der Waals surface area contributed by atoms with E-state index in [0.717, 1.165) is 19.3 Å². The number of amides is 2. The Morgan fingerprint density at radius 2 is 1.97 bits per heavy atom. The lowest BCUT2D eigenvalue weighted by molar-refractivity contribution is -0.116. The maximum atomic E-state index is 12.1. The molecular weight excluding hydrogens is 444 g/mol. The Hall–Kier alpha value is -2.69. The van der Waals surface area contributed by atoms with Crippen LogP contribution in [0.25, 0.3) is 0 Å².